The highest BCUT2D eigenvalue weighted by molar-refractivity contribution is 9.09. The predicted octanol–water partition coefficient (Wildman–Crippen LogP) is 7.07. The molecule has 0 aliphatic heterocycles. The minimum Gasteiger partial charge on any atom is -0.103 e. The number of fused-ring (bicyclic) bond motifs is 5. The molecule has 25 heavy (non-hydrogen) atoms. The van der Waals surface area contributed by atoms with Crippen LogP contribution >= 0.6 is 15.9 Å². The summed E-state index contributed by atoms with van der Waals surface area (Å²) in [5.74, 6) is 12.7. The van der Waals surface area contributed by atoms with Crippen molar-refractivity contribution in [2.45, 2.75) is 85.0 Å². The fraction of sp³-hybridized carbons (Fsp3) is 0.917. The van der Waals surface area contributed by atoms with Crippen molar-refractivity contribution < 1.29 is 0 Å². The molecule has 0 nitrogen and oxygen atoms in total. The first-order valence-electron chi connectivity index (χ1n) is 11.0. The summed E-state index contributed by atoms with van der Waals surface area (Å²) in [7, 11) is 0. The van der Waals surface area contributed by atoms with Gasteiger partial charge in [0.25, 0.3) is 0 Å². The molecule has 0 N–H and O–H groups in total. The predicted molar refractivity (Wildman–Crippen MR) is 111 cm³/mol. The van der Waals surface area contributed by atoms with E-state index in [1.54, 1.807) is 0 Å². The number of halogens is 1. The van der Waals surface area contributed by atoms with E-state index < -0.39 is 0 Å². The largest absolute Gasteiger partial charge is 0.103 e. The van der Waals surface area contributed by atoms with Crippen molar-refractivity contribution in [1.29, 1.82) is 0 Å². The third kappa shape index (κ3) is 2.85. The Morgan fingerprint density at radius 3 is 2.60 bits per heavy atom. The van der Waals surface area contributed by atoms with Gasteiger partial charge in [-0.3, -0.25) is 0 Å². The van der Waals surface area contributed by atoms with Gasteiger partial charge in [0.1, 0.15) is 0 Å². The lowest BCUT2D eigenvalue weighted by Crippen LogP contribution is -2.52. The van der Waals surface area contributed by atoms with Crippen LogP contribution in [0.2, 0.25) is 0 Å². The zero-order chi connectivity index (χ0) is 17.7. The summed E-state index contributed by atoms with van der Waals surface area (Å²) < 4.78 is 0. The molecular weight excluding hydrogens is 368 g/mol. The lowest BCUT2D eigenvalue weighted by Gasteiger charge is -2.59. The van der Waals surface area contributed by atoms with Crippen LogP contribution in [0, 0.1) is 58.2 Å². The summed E-state index contributed by atoms with van der Waals surface area (Å²) in [6.07, 6.45) is 14.1. The highest BCUT2D eigenvalue weighted by Gasteiger charge is 2.59. The summed E-state index contributed by atoms with van der Waals surface area (Å²) in [4.78, 5) is 0. The number of alkyl halides is 1. The Morgan fingerprint density at radius 2 is 1.80 bits per heavy atom. The van der Waals surface area contributed by atoms with Crippen molar-refractivity contribution in [3.63, 3.8) is 0 Å². The molecule has 4 rings (SSSR count). The summed E-state index contributed by atoms with van der Waals surface area (Å²) in [5, 5.41) is 1.18. The Hall–Kier alpha value is 0.0400. The van der Waals surface area contributed by atoms with E-state index in [4.69, 9.17) is 0 Å². The second kappa shape index (κ2) is 6.89. The van der Waals surface area contributed by atoms with Crippen molar-refractivity contribution >= 4 is 15.9 Å². The molecule has 0 heterocycles. The fourth-order valence-corrected chi connectivity index (χ4v) is 8.49. The van der Waals surface area contributed by atoms with Crippen LogP contribution in [0.15, 0.2) is 0 Å². The van der Waals surface area contributed by atoms with Gasteiger partial charge in [-0.1, -0.05) is 36.7 Å². The van der Waals surface area contributed by atoms with Gasteiger partial charge < -0.3 is 0 Å². The Balaban J connectivity index is 1.55. The van der Waals surface area contributed by atoms with E-state index in [1.807, 2.05) is 0 Å². The maximum atomic E-state index is 3.64. The Bertz CT molecular complexity index is 556. The van der Waals surface area contributed by atoms with Crippen LogP contribution in [0.25, 0.3) is 0 Å². The molecule has 3 fully saturated rings. The average Bonchev–Trinajstić information content (AvgIpc) is 2.96. The maximum Gasteiger partial charge on any atom is 0.0148 e. The molecule has 0 spiro atoms. The smallest absolute Gasteiger partial charge is 0.0148 e. The second-order valence-electron chi connectivity index (χ2n) is 10.4. The van der Waals surface area contributed by atoms with E-state index in [9.17, 15) is 0 Å². The van der Waals surface area contributed by atoms with Gasteiger partial charge in [0, 0.05) is 18.2 Å². The monoisotopic (exact) mass is 404 g/mol. The van der Waals surface area contributed by atoms with Crippen LogP contribution in [0.5, 0.6) is 0 Å². The van der Waals surface area contributed by atoms with Crippen LogP contribution in [-0.2, 0) is 0 Å². The van der Waals surface area contributed by atoms with Gasteiger partial charge in [-0.2, -0.15) is 0 Å². The molecule has 0 radical (unpaired) electrons. The summed E-state index contributed by atoms with van der Waals surface area (Å²) >= 11 is 3.64. The van der Waals surface area contributed by atoms with E-state index >= 15 is 0 Å². The molecule has 0 amide bonds. The minimum atomic E-state index is 0.537. The van der Waals surface area contributed by atoms with Gasteiger partial charge >= 0.3 is 0 Å². The first-order valence-corrected chi connectivity index (χ1v) is 12.1. The normalized spacial score (nSPS) is 49.4. The molecular formula is C24H37Br. The van der Waals surface area contributed by atoms with Crippen molar-refractivity contribution in [2.75, 3.05) is 5.33 Å². The maximum absolute atomic E-state index is 3.64. The van der Waals surface area contributed by atoms with Crippen LogP contribution < -0.4 is 0 Å². The molecule has 4 aliphatic rings. The Labute approximate surface area is 164 Å². The van der Waals surface area contributed by atoms with E-state index in [2.05, 4.69) is 48.5 Å². The van der Waals surface area contributed by atoms with Crippen LogP contribution in [0.1, 0.15) is 85.0 Å². The Kier molecular flexibility index (Phi) is 5.07. The topological polar surface area (TPSA) is 0 Å². The average molecular weight is 405 g/mol. The van der Waals surface area contributed by atoms with Gasteiger partial charge in [0.2, 0.25) is 0 Å². The summed E-state index contributed by atoms with van der Waals surface area (Å²) in [6.45, 7) is 7.88. The van der Waals surface area contributed by atoms with Gasteiger partial charge in [-0.05, 0) is 97.7 Å². The fourth-order valence-electron chi connectivity index (χ4n) is 8.17. The van der Waals surface area contributed by atoms with E-state index in [0.29, 0.717) is 10.8 Å². The standard InChI is InChI=1S/C24H37Br/c1-17(7-6-16-25)20-11-12-21-19-10-9-18-8-4-5-14-23(18,2)22(19)13-15-24(20,21)3/h17-22H,6-16H2,1-3H3/t17-,18?,19+,20-,21+,22+,23+,24-/m1/s1. The molecule has 0 saturated heterocycles. The van der Waals surface area contributed by atoms with Crippen LogP contribution in [-0.4, -0.2) is 5.33 Å². The lowest BCUT2D eigenvalue weighted by molar-refractivity contribution is -0.0986. The van der Waals surface area contributed by atoms with Gasteiger partial charge in [-0.15, -0.1) is 11.8 Å². The van der Waals surface area contributed by atoms with E-state index in [-0.39, 0.29) is 0 Å². The molecule has 0 bridgehead atoms. The van der Waals surface area contributed by atoms with Gasteiger partial charge in [-0.25, -0.2) is 0 Å². The summed E-state index contributed by atoms with van der Waals surface area (Å²) in [5.41, 5.74) is 1.17. The Morgan fingerprint density at radius 1 is 1.00 bits per heavy atom. The second-order valence-corrected chi connectivity index (χ2v) is 11.2. The highest BCUT2D eigenvalue weighted by Crippen LogP contribution is 2.67. The summed E-state index contributed by atoms with van der Waals surface area (Å²) in [6, 6.07) is 0. The van der Waals surface area contributed by atoms with Crippen molar-refractivity contribution in [3.8, 4) is 11.8 Å². The number of rotatable bonds is 4. The third-order valence-corrected chi connectivity index (χ3v) is 10.1. The highest BCUT2D eigenvalue weighted by atomic mass is 79.9. The zero-order valence-corrected chi connectivity index (χ0v) is 18.2. The van der Waals surface area contributed by atoms with Crippen LogP contribution in [0.3, 0.4) is 0 Å². The zero-order valence-electron chi connectivity index (χ0n) is 16.6. The van der Waals surface area contributed by atoms with Gasteiger partial charge in [0.15, 0.2) is 0 Å². The van der Waals surface area contributed by atoms with Crippen molar-refractivity contribution in [2.24, 2.45) is 46.3 Å². The van der Waals surface area contributed by atoms with Crippen LogP contribution in [0.4, 0.5) is 0 Å². The molecule has 140 valence electrons. The van der Waals surface area contributed by atoms with E-state index in [1.165, 1.54) is 69.5 Å². The number of hydrogen-bond donors (Lipinski definition) is 0. The molecule has 8 atom stereocenters. The van der Waals surface area contributed by atoms with Crippen molar-refractivity contribution in [1.82, 2.24) is 0 Å². The first kappa shape index (κ1) is 18.4. The lowest BCUT2D eigenvalue weighted by atomic mass is 9.45. The molecule has 1 unspecified atom stereocenters. The third-order valence-electron chi connectivity index (χ3n) is 9.56. The van der Waals surface area contributed by atoms with E-state index in [0.717, 1.165) is 35.5 Å². The molecule has 0 aromatic rings. The SMILES string of the molecule is C[C@H](CCCBr)[C@H]1CC[C@H]2[C@@H]3CCC4CC#CC[C@]4(C)[C@H]3CC[C@]12C. The molecule has 3 saturated carbocycles. The minimum absolute atomic E-state index is 0.537. The molecule has 1 heteroatoms. The van der Waals surface area contributed by atoms with Crippen molar-refractivity contribution in [3.05, 3.63) is 0 Å². The molecule has 4 aliphatic carbocycles. The van der Waals surface area contributed by atoms with Gasteiger partial charge in [0.05, 0.1) is 0 Å². The number of hydrogen-bond acceptors (Lipinski definition) is 0. The first-order chi connectivity index (χ1) is 12.0. The molecule has 0 aromatic carbocycles. The molecule has 0 aromatic heterocycles. The quantitative estimate of drug-likeness (QED) is 0.347.